The lowest BCUT2D eigenvalue weighted by atomic mass is 10.0. The average molecular weight is 448 g/mol. The van der Waals surface area contributed by atoms with Crippen molar-refractivity contribution in [1.82, 2.24) is 4.31 Å². The molecule has 1 unspecified atom stereocenters. The molecule has 1 amide bonds. The molecule has 30 heavy (non-hydrogen) atoms. The molecule has 0 aliphatic carbocycles. The van der Waals surface area contributed by atoms with E-state index in [2.05, 4.69) is 53.0 Å². The van der Waals surface area contributed by atoms with Crippen molar-refractivity contribution in [2.75, 3.05) is 0 Å². The van der Waals surface area contributed by atoms with E-state index in [4.69, 9.17) is 0 Å². The van der Waals surface area contributed by atoms with Crippen molar-refractivity contribution in [1.29, 1.82) is 0 Å². The Morgan fingerprint density at radius 1 is 1.03 bits per heavy atom. The molecule has 0 aromatic heterocycles. The minimum Gasteiger partial charge on any atom is -0.274 e. The Morgan fingerprint density at radius 3 is 2.07 bits per heavy atom. The molecule has 2 rings (SSSR count). The molecule has 0 saturated carbocycles. The highest BCUT2D eigenvalue weighted by molar-refractivity contribution is 7.89. The predicted octanol–water partition coefficient (Wildman–Crippen LogP) is 5.68. The number of hydrogen-bond donors (Lipinski definition) is 0. The summed E-state index contributed by atoms with van der Waals surface area (Å²) in [4.78, 5) is 12.9. The van der Waals surface area contributed by atoms with Crippen molar-refractivity contribution in [2.45, 2.75) is 102 Å². The van der Waals surface area contributed by atoms with E-state index in [9.17, 15) is 13.2 Å². The number of rotatable bonds is 6. The summed E-state index contributed by atoms with van der Waals surface area (Å²) in [5.74, 6) is 3.07. The minimum absolute atomic E-state index is 0.177. The van der Waals surface area contributed by atoms with E-state index in [-0.39, 0.29) is 23.3 Å². The van der Waals surface area contributed by atoms with Gasteiger partial charge >= 0.3 is 0 Å². The standard InChI is InChI=1S/C24H37NO3SSi/c1-18(2)30(19(3)4,20(5)6)17-9-11-22-10-8-12-24(26)25(22)29(27,28)23-15-13-21(7)14-16-23/h13-16,18-20,22H,8,10-12H2,1-7H3. The zero-order valence-electron chi connectivity index (χ0n) is 19.5. The van der Waals surface area contributed by atoms with Crippen molar-refractivity contribution >= 4 is 24.0 Å². The maximum Gasteiger partial charge on any atom is 0.266 e. The third-order valence-corrected chi connectivity index (χ3v) is 14.8. The second-order valence-corrected chi connectivity index (χ2v) is 16.9. The molecule has 1 aliphatic rings. The fourth-order valence-electron chi connectivity index (χ4n) is 5.01. The molecule has 0 N–H and O–H groups in total. The first-order valence-corrected chi connectivity index (χ1v) is 14.8. The lowest BCUT2D eigenvalue weighted by Crippen LogP contribution is -2.47. The summed E-state index contributed by atoms with van der Waals surface area (Å²) in [5.41, 5.74) is 6.21. The van der Waals surface area contributed by atoms with Crippen molar-refractivity contribution in [2.24, 2.45) is 0 Å². The van der Waals surface area contributed by atoms with Gasteiger partial charge in [-0.15, -0.1) is 11.5 Å². The van der Waals surface area contributed by atoms with Gasteiger partial charge in [-0.1, -0.05) is 59.2 Å². The highest BCUT2D eigenvalue weighted by atomic mass is 32.2. The molecule has 1 aromatic carbocycles. The van der Waals surface area contributed by atoms with Gasteiger partial charge in [-0.25, -0.2) is 12.7 Å². The number of hydrogen-bond acceptors (Lipinski definition) is 3. The van der Waals surface area contributed by atoms with Crippen molar-refractivity contribution in [3.8, 4) is 11.5 Å². The smallest absolute Gasteiger partial charge is 0.266 e. The summed E-state index contributed by atoms with van der Waals surface area (Å²) in [5, 5.41) is 0. The fourth-order valence-corrected chi connectivity index (χ4v) is 11.9. The summed E-state index contributed by atoms with van der Waals surface area (Å²) < 4.78 is 27.7. The monoisotopic (exact) mass is 447 g/mol. The van der Waals surface area contributed by atoms with Gasteiger partial charge in [0.05, 0.1) is 10.9 Å². The lowest BCUT2D eigenvalue weighted by molar-refractivity contribution is -0.130. The Morgan fingerprint density at radius 2 is 1.57 bits per heavy atom. The summed E-state index contributed by atoms with van der Waals surface area (Å²) in [7, 11) is -5.75. The van der Waals surface area contributed by atoms with E-state index in [1.54, 1.807) is 24.3 Å². The molecule has 6 heteroatoms. The van der Waals surface area contributed by atoms with E-state index in [1.807, 2.05) is 6.92 Å². The van der Waals surface area contributed by atoms with Gasteiger partial charge in [0.1, 0.15) is 8.07 Å². The first-order chi connectivity index (χ1) is 13.9. The summed E-state index contributed by atoms with van der Waals surface area (Å²) in [6.45, 7) is 15.5. The molecule has 1 heterocycles. The Kier molecular flexibility index (Phi) is 7.98. The second-order valence-electron chi connectivity index (χ2n) is 9.46. The van der Waals surface area contributed by atoms with E-state index >= 15 is 0 Å². The zero-order chi connectivity index (χ0) is 22.7. The summed E-state index contributed by atoms with van der Waals surface area (Å²) in [6, 6.07) is 6.32. The summed E-state index contributed by atoms with van der Waals surface area (Å²) >= 11 is 0. The number of carbonyl (C=O) groups is 1. The largest absolute Gasteiger partial charge is 0.274 e. The van der Waals surface area contributed by atoms with Crippen LogP contribution in [0.1, 0.15) is 72.8 Å². The third-order valence-electron chi connectivity index (χ3n) is 6.59. The van der Waals surface area contributed by atoms with Gasteiger partial charge in [-0.2, -0.15) is 0 Å². The quantitative estimate of drug-likeness (QED) is 0.417. The molecule has 1 aromatic rings. The summed E-state index contributed by atoms with van der Waals surface area (Å²) in [6.07, 6.45) is 2.08. The van der Waals surface area contributed by atoms with Crippen LogP contribution in [0.2, 0.25) is 16.6 Å². The molecular formula is C24H37NO3SSi. The maximum absolute atomic E-state index is 13.3. The number of benzene rings is 1. The van der Waals surface area contributed by atoms with Crippen molar-refractivity contribution in [3.63, 3.8) is 0 Å². The van der Waals surface area contributed by atoms with E-state index in [0.717, 1.165) is 9.87 Å². The van der Waals surface area contributed by atoms with Crippen LogP contribution in [0.15, 0.2) is 29.2 Å². The molecule has 1 atom stereocenters. The lowest BCUT2D eigenvalue weighted by Gasteiger charge is -2.38. The van der Waals surface area contributed by atoms with E-state index in [0.29, 0.717) is 35.9 Å². The van der Waals surface area contributed by atoms with E-state index in [1.165, 1.54) is 0 Å². The van der Waals surface area contributed by atoms with Gasteiger partial charge in [0.15, 0.2) is 0 Å². The highest BCUT2D eigenvalue weighted by Gasteiger charge is 2.42. The Balaban J connectivity index is 2.38. The maximum atomic E-state index is 13.3. The van der Waals surface area contributed by atoms with Crippen LogP contribution >= 0.6 is 0 Å². The molecule has 166 valence electrons. The van der Waals surface area contributed by atoms with Crippen LogP contribution in [-0.4, -0.2) is 32.7 Å². The number of piperidine rings is 1. The van der Waals surface area contributed by atoms with Gasteiger partial charge in [0.25, 0.3) is 10.0 Å². The minimum atomic E-state index is -3.86. The molecular weight excluding hydrogens is 410 g/mol. The number of amides is 1. The SMILES string of the molecule is Cc1ccc(S(=O)(=O)N2C(=O)CCCC2CC#C[Si](C(C)C)(C(C)C)C(C)C)cc1. The van der Waals surface area contributed by atoms with Crippen LogP contribution in [0, 0.1) is 18.4 Å². The third kappa shape index (κ3) is 4.83. The first-order valence-electron chi connectivity index (χ1n) is 11.1. The molecule has 0 spiro atoms. The first kappa shape index (κ1) is 24.7. The molecule has 1 aliphatic heterocycles. The Labute approximate surface area is 184 Å². The second kappa shape index (κ2) is 9.70. The fraction of sp³-hybridized carbons (Fsp3) is 0.625. The number of nitrogens with zero attached hydrogens (tertiary/aromatic N) is 1. The van der Waals surface area contributed by atoms with Gasteiger partial charge in [-0.05, 0) is 48.5 Å². The van der Waals surface area contributed by atoms with Crippen LogP contribution in [0.4, 0.5) is 0 Å². The van der Waals surface area contributed by atoms with Gasteiger partial charge in [-0.3, -0.25) is 4.79 Å². The van der Waals surface area contributed by atoms with Gasteiger partial charge in [0.2, 0.25) is 5.91 Å². The average Bonchev–Trinajstić information content (AvgIpc) is 2.64. The van der Waals surface area contributed by atoms with Crippen LogP contribution < -0.4 is 0 Å². The van der Waals surface area contributed by atoms with Crippen molar-refractivity contribution in [3.05, 3.63) is 29.8 Å². The van der Waals surface area contributed by atoms with Crippen LogP contribution in [0.5, 0.6) is 0 Å². The Bertz CT molecular complexity index is 886. The predicted molar refractivity (Wildman–Crippen MR) is 126 cm³/mol. The normalized spacial score (nSPS) is 18.1. The molecule has 4 nitrogen and oxygen atoms in total. The van der Waals surface area contributed by atoms with Crippen LogP contribution in [-0.2, 0) is 14.8 Å². The molecule has 1 saturated heterocycles. The molecule has 0 bridgehead atoms. The highest BCUT2D eigenvalue weighted by Crippen LogP contribution is 2.40. The number of aryl methyl sites for hydroxylation is 1. The van der Waals surface area contributed by atoms with Crippen molar-refractivity contribution < 1.29 is 13.2 Å². The number of sulfonamides is 1. The topological polar surface area (TPSA) is 54.5 Å². The van der Waals surface area contributed by atoms with Gasteiger partial charge < -0.3 is 0 Å². The molecule has 1 fully saturated rings. The van der Waals surface area contributed by atoms with Crippen LogP contribution in [0.3, 0.4) is 0 Å². The van der Waals surface area contributed by atoms with Gasteiger partial charge in [0, 0.05) is 12.8 Å². The Hall–Kier alpha value is -1.58. The van der Waals surface area contributed by atoms with E-state index < -0.39 is 18.1 Å². The number of carbonyl (C=O) groups excluding carboxylic acids is 1. The zero-order valence-corrected chi connectivity index (χ0v) is 21.3. The van der Waals surface area contributed by atoms with Crippen LogP contribution in [0.25, 0.3) is 0 Å². The molecule has 0 radical (unpaired) electrons.